The van der Waals surface area contributed by atoms with Crippen LogP contribution in [0.2, 0.25) is 10.0 Å². The van der Waals surface area contributed by atoms with Gasteiger partial charge in [-0.05, 0) is 24.3 Å². The van der Waals surface area contributed by atoms with E-state index in [1.807, 2.05) is 12.1 Å². The van der Waals surface area contributed by atoms with Crippen LogP contribution in [-0.2, 0) is 0 Å². The first-order chi connectivity index (χ1) is 10.5. The van der Waals surface area contributed by atoms with E-state index in [2.05, 4.69) is 4.98 Å². The van der Waals surface area contributed by atoms with Crippen molar-refractivity contribution in [3.63, 3.8) is 0 Å². The van der Waals surface area contributed by atoms with Gasteiger partial charge in [0.25, 0.3) is 0 Å². The zero-order valence-electron chi connectivity index (χ0n) is 11.1. The monoisotopic (exact) mass is 349 g/mol. The molecule has 3 rings (SSSR count). The molecule has 3 nitrogen and oxygen atoms in total. The van der Waals surface area contributed by atoms with Crippen LogP contribution in [0.15, 0.2) is 48.5 Å². The van der Waals surface area contributed by atoms with Crippen LogP contribution in [0.4, 0.5) is 0 Å². The molecule has 0 spiro atoms. The Labute approximate surface area is 140 Å². The molecule has 0 amide bonds. The molecule has 1 heterocycles. The number of hydrogen-bond donors (Lipinski definition) is 1. The highest BCUT2D eigenvalue weighted by Crippen LogP contribution is 2.34. The molecule has 22 heavy (non-hydrogen) atoms. The van der Waals surface area contributed by atoms with Crippen molar-refractivity contribution in [2.24, 2.45) is 0 Å². The highest BCUT2D eigenvalue weighted by atomic mass is 35.5. The SMILES string of the molecule is O=C(O)c1sc(-c2ccc(Cl)cc2)nc1-c1ccc(Cl)cc1. The minimum Gasteiger partial charge on any atom is -0.477 e. The summed E-state index contributed by atoms with van der Waals surface area (Å²) in [6, 6.07) is 14.1. The van der Waals surface area contributed by atoms with Crippen molar-refractivity contribution in [1.29, 1.82) is 0 Å². The molecule has 110 valence electrons. The van der Waals surface area contributed by atoms with Crippen LogP contribution in [0.5, 0.6) is 0 Å². The zero-order valence-corrected chi connectivity index (χ0v) is 13.4. The van der Waals surface area contributed by atoms with Crippen molar-refractivity contribution in [3.05, 3.63) is 63.5 Å². The number of thiazole rings is 1. The Hall–Kier alpha value is -1.88. The van der Waals surface area contributed by atoms with E-state index >= 15 is 0 Å². The third-order valence-electron chi connectivity index (χ3n) is 3.03. The largest absolute Gasteiger partial charge is 0.477 e. The topological polar surface area (TPSA) is 50.2 Å². The number of rotatable bonds is 3. The maximum atomic E-state index is 11.5. The molecule has 0 aliphatic heterocycles. The quantitative estimate of drug-likeness (QED) is 0.680. The summed E-state index contributed by atoms with van der Waals surface area (Å²) in [6.07, 6.45) is 0. The smallest absolute Gasteiger partial charge is 0.348 e. The Bertz CT molecular complexity index is 826. The molecule has 6 heteroatoms. The van der Waals surface area contributed by atoms with Crippen LogP contribution in [0.25, 0.3) is 21.8 Å². The number of carboxylic acids is 1. The predicted octanol–water partition coefficient (Wildman–Crippen LogP) is 5.48. The molecule has 0 unspecified atom stereocenters. The van der Waals surface area contributed by atoms with Crippen molar-refractivity contribution in [1.82, 2.24) is 4.98 Å². The number of aromatic carboxylic acids is 1. The molecule has 0 fully saturated rings. The lowest BCUT2D eigenvalue weighted by atomic mass is 10.1. The van der Waals surface area contributed by atoms with Gasteiger partial charge in [0, 0.05) is 21.2 Å². The van der Waals surface area contributed by atoms with Crippen LogP contribution < -0.4 is 0 Å². The van der Waals surface area contributed by atoms with Gasteiger partial charge in [-0.15, -0.1) is 11.3 Å². The van der Waals surface area contributed by atoms with E-state index < -0.39 is 5.97 Å². The highest BCUT2D eigenvalue weighted by molar-refractivity contribution is 7.17. The van der Waals surface area contributed by atoms with Crippen molar-refractivity contribution in [2.75, 3.05) is 0 Å². The molecule has 0 aliphatic carbocycles. The van der Waals surface area contributed by atoms with E-state index in [0.717, 1.165) is 22.5 Å². The summed E-state index contributed by atoms with van der Waals surface area (Å²) in [5, 5.41) is 11.3. The van der Waals surface area contributed by atoms with E-state index in [0.29, 0.717) is 20.7 Å². The summed E-state index contributed by atoms with van der Waals surface area (Å²) < 4.78 is 0. The third kappa shape index (κ3) is 2.99. The van der Waals surface area contributed by atoms with E-state index in [4.69, 9.17) is 23.2 Å². The van der Waals surface area contributed by atoms with Gasteiger partial charge in [-0.25, -0.2) is 9.78 Å². The number of carbonyl (C=O) groups is 1. The van der Waals surface area contributed by atoms with Crippen molar-refractivity contribution in [3.8, 4) is 21.8 Å². The van der Waals surface area contributed by atoms with Crippen LogP contribution in [0.3, 0.4) is 0 Å². The van der Waals surface area contributed by atoms with Gasteiger partial charge in [0.1, 0.15) is 9.88 Å². The molecule has 0 bridgehead atoms. The predicted molar refractivity (Wildman–Crippen MR) is 90.0 cm³/mol. The van der Waals surface area contributed by atoms with Crippen molar-refractivity contribution < 1.29 is 9.90 Å². The fourth-order valence-corrected chi connectivity index (χ4v) is 3.17. The summed E-state index contributed by atoms with van der Waals surface area (Å²) in [4.78, 5) is 16.2. The number of nitrogens with zero attached hydrogens (tertiary/aromatic N) is 1. The van der Waals surface area contributed by atoms with E-state index in [9.17, 15) is 9.90 Å². The zero-order chi connectivity index (χ0) is 15.7. The molecule has 3 aromatic rings. The standard InChI is InChI=1S/C16H9Cl2NO2S/c17-11-5-1-9(2-6-11)13-14(16(20)21)22-15(19-13)10-3-7-12(18)8-4-10/h1-8H,(H,20,21). The molecule has 0 saturated heterocycles. The Balaban J connectivity index is 2.11. The average Bonchev–Trinajstić information content (AvgIpc) is 2.94. The number of aromatic nitrogens is 1. The molecular weight excluding hydrogens is 341 g/mol. The first kappa shape index (κ1) is 15.0. The lowest BCUT2D eigenvalue weighted by molar-refractivity contribution is 0.0702. The van der Waals surface area contributed by atoms with Gasteiger partial charge in [0.2, 0.25) is 0 Å². The summed E-state index contributed by atoms with van der Waals surface area (Å²) in [5.41, 5.74) is 1.99. The lowest BCUT2D eigenvalue weighted by Crippen LogP contribution is -1.95. The normalized spacial score (nSPS) is 10.6. The Morgan fingerprint density at radius 2 is 1.41 bits per heavy atom. The van der Waals surface area contributed by atoms with Crippen molar-refractivity contribution >= 4 is 40.5 Å². The summed E-state index contributed by atoms with van der Waals surface area (Å²) in [6.45, 7) is 0. The van der Waals surface area contributed by atoms with Crippen LogP contribution in [-0.4, -0.2) is 16.1 Å². The molecular formula is C16H9Cl2NO2S. The fraction of sp³-hybridized carbons (Fsp3) is 0. The summed E-state index contributed by atoms with van der Waals surface area (Å²) in [5.74, 6) is -0.998. The molecule has 0 atom stereocenters. The maximum Gasteiger partial charge on any atom is 0.348 e. The molecule has 0 radical (unpaired) electrons. The molecule has 2 aromatic carbocycles. The molecule has 1 N–H and O–H groups in total. The van der Waals surface area contributed by atoms with Crippen molar-refractivity contribution in [2.45, 2.75) is 0 Å². The van der Waals surface area contributed by atoms with Crippen LogP contribution in [0, 0.1) is 0 Å². The van der Waals surface area contributed by atoms with Gasteiger partial charge in [0.15, 0.2) is 0 Å². The van der Waals surface area contributed by atoms with E-state index in [1.54, 1.807) is 36.4 Å². The molecule has 0 saturated carbocycles. The first-order valence-electron chi connectivity index (χ1n) is 6.30. The van der Waals surface area contributed by atoms with Gasteiger partial charge in [-0.2, -0.15) is 0 Å². The van der Waals surface area contributed by atoms with Gasteiger partial charge in [0.05, 0.1) is 5.69 Å². The highest BCUT2D eigenvalue weighted by Gasteiger charge is 2.19. The Morgan fingerprint density at radius 1 is 0.909 bits per heavy atom. The minimum absolute atomic E-state index is 0.201. The maximum absolute atomic E-state index is 11.5. The summed E-state index contributed by atoms with van der Waals surface area (Å²) in [7, 11) is 0. The van der Waals surface area contributed by atoms with E-state index in [1.165, 1.54) is 0 Å². The second-order valence-electron chi connectivity index (χ2n) is 4.52. The first-order valence-corrected chi connectivity index (χ1v) is 7.88. The lowest BCUT2D eigenvalue weighted by Gasteiger charge is -1.99. The third-order valence-corrected chi connectivity index (χ3v) is 4.63. The second kappa shape index (κ2) is 6.08. The van der Waals surface area contributed by atoms with Gasteiger partial charge < -0.3 is 5.11 Å². The van der Waals surface area contributed by atoms with Gasteiger partial charge >= 0.3 is 5.97 Å². The molecule has 1 aromatic heterocycles. The number of benzene rings is 2. The van der Waals surface area contributed by atoms with Crippen LogP contribution in [0.1, 0.15) is 9.67 Å². The minimum atomic E-state index is -0.998. The number of hydrogen-bond acceptors (Lipinski definition) is 3. The Kier molecular flexibility index (Phi) is 4.16. The van der Waals surface area contributed by atoms with E-state index in [-0.39, 0.29) is 4.88 Å². The van der Waals surface area contributed by atoms with Crippen LogP contribution >= 0.6 is 34.5 Å². The average molecular weight is 350 g/mol. The van der Waals surface area contributed by atoms with Gasteiger partial charge in [-0.3, -0.25) is 0 Å². The number of carboxylic acid groups (broad SMARTS) is 1. The second-order valence-corrected chi connectivity index (χ2v) is 6.39. The molecule has 0 aliphatic rings. The van der Waals surface area contributed by atoms with Gasteiger partial charge in [-0.1, -0.05) is 47.5 Å². The number of halogens is 2. The summed E-state index contributed by atoms with van der Waals surface area (Å²) >= 11 is 12.9. The fourth-order valence-electron chi connectivity index (χ4n) is 1.98. The Morgan fingerprint density at radius 3 is 1.91 bits per heavy atom.